The highest BCUT2D eigenvalue weighted by Gasteiger charge is 2.29. The number of nitrogens with zero attached hydrogens (tertiary/aromatic N) is 4. The molecule has 2 heterocycles. The van der Waals surface area contributed by atoms with Crippen LogP contribution in [0.4, 0.5) is 15.8 Å². The van der Waals surface area contributed by atoms with E-state index in [2.05, 4.69) is 45.6 Å². The molecule has 4 rings (SSSR count). The third kappa shape index (κ3) is 3.68. The van der Waals surface area contributed by atoms with Crippen molar-refractivity contribution in [1.82, 2.24) is 9.78 Å². The Hall–Kier alpha value is -3.35. The van der Waals surface area contributed by atoms with Gasteiger partial charge < -0.3 is 15.1 Å². The van der Waals surface area contributed by atoms with E-state index < -0.39 is 0 Å². The van der Waals surface area contributed by atoms with Gasteiger partial charge in [0.15, 0.2) is 0 Å². The molecular formula is C22H24FN5O. The van der Waals surface area contributed by atoms with Crippen LogP contribution in [-0.4, -0.2) is 35.3 Å². The average molecular weight is 393 g/mol. The number of benzene rings is 2. The van der Waals surface area contributed by atoms with Gasteiger partial charge in [0.2, 0.25) is 0 Å². The zero-order valence-electron chi connectivity index (χ0n) is 16.8. The van der Waals surface area contributed by atoms with E-state index in [4.69, 9.17) is 4.84 Å². The largest absolute Gasteiger partial charge is 0.399 e. The van der Waals surface area contributed by atoms with E-state index in [0.29, 0.717) is 0 Å². The third-order valence-electron chi connectivity index (χ3n) is 5.17. The summed E-state index contributed by atoms with van der Waals surface area (Å²) in [6.07, 6.45) is 2.55. The van der Waals surface area contributed by atoms with Crippen LogP contribution >= 0.6 is 0 Å². The van der Waals surface area contributed by atoms with E-state index in [-0.39, 0.29) is 12.0 Å². The first-order chi connectivity index (χ1) is 14.1. The zero-order valence-corrected chi connectivity index (χ0v) is 16.8. The van der Waals surface area contributed by atoms with E-state index in [1.54, 1.807) is 24.1 Å². The molecule has 1 aromatic heterocycles. The van der Waals surface area contributed by atoms with Gasteiger partial charge in [-0.3, -0.25) is 0 Å². The molecule has 0 fully saturated rings. The second-order valence-corrected chi connectivity index (χ2v) is 6.96. The van der Waals surface area contributed by atoms with Crippen molar-refractivity contribution in [2.45, 2.75) is 26.4 Å². The van der Waals surface area contributed by atoms with E-state index >= 15 is 0 Å². The molecule has 0 spiro atoms. The van der Waals surface area contributed by atoms with Crippen molar-refractivity contribution in [2.75, 3.05) is 23.9 Å². The van der Waals surface area contributed by atoms with E-state index in [9.17, 15) is 4.39 Å². The highest BCUT2D eigenvalue weighted by molar-refractivity contribution is 6.00. The number of rotatable bonds is 6. The maximum atomic E-state index is 13.7. The van der Waals surface area contributed by atoms with Crippen molar-refractivity contribution < 1.29 is 9.23 Å². The maximum Gasteiger partial charge on any atom is 0.125 e. The van der Waals surface area contributed by atoms with Crippen molar-refractivity contribution >= 4 is 17.1 Å². The van der Waals surface area contributed by atoms with Crippen LogP contribution in [0.5, 0.6) is 0 Å². The maximum absolute atomic E-state index is 13.7. The highest BCUT2D eigenvalue weighted by Crippen LogP contribution is 2.36. The number of hydrogen-bond acceptors (Lipinski definition) is 5. The Labute approximate surface area is 169 Å². The fraction of sp³-hybridized carbons (Fsp3) is 0.273. The van der Waals surface area contributed by atoms with Crippen molar-refractivity contribution in [3.63, 3.8) is 0 Å². The number of hydrogen-bond donors (Lipinski definition) is 1. The van der Waals surface area contributed by atoms with Crippen LogP contribution in [-0.2, 0) is 11.3 Å². The van der Waals surface area contributed by atoms with E-state index in [1.165, 1.54) is 12.1 Å². The molecule has 1 atom stereocenters. The summed E-state index contributed by atoms with van der Waals surface area (Å²) in [5.74, 6) is -0.272. The fourth-order valence-electron chi connectivity index (χ4n) is 3.82. The summed E-state index contributed by atoms with van der Waals surface area (Å²) >= 11 is 0. The lowest BCUT2D eigenvalue weighted by Crippen LogP contribution is -2.37. The Balaban J connectivity index is 1.60. The Morgan fingerprint density at radius 1 is 1.24 bits per heavy atom. The number of anilines is 2. The topological polar surface area (TPSA) is 54.7 Å². The molecule has 6 nitrogen and oxygen atoms in total. The molecule has 1 N–H and O–H groups in total. The predicted octanol–water partition coefficient (Wildman–Crippen LogP) is 4.20. The van der Waals surface area contributed by atoms with Gasteiger partial charge in [0, 0.05) is 30.4 Å². The van der Waals surface area contributed by atoms with Gasteiger partial charge in [0.05, 0.1) is 22.8 Å². The van der Waals surface area contributed by atoms with Crippen LogP contribution in [0.1, 0.15) is 25.1 Å². The number of halogens is 1. The molecule has 0 amide bonds. The summed E-state index contributed by atoms with van der Waals surface area (Å²) in [5.41, 5.74) is 5.79. The molecule has 150 valence electrons. The minimum absolute atomic E-state index is 0.0777. The molecule has 7 heteroatoms. The Morgan fingerprint density at radius 2 is 2.10 bits per heavy atom. The average Bonchev–Trinajstić information content (AvgIpc) is 3.31. The molecule has 1 aliphatic rings. The molecule has 0 saturated carbocycles. The molecule has 29 heavy (non-hydrogen) atoms. The van der Waals surface area contributed by atoms with Gasteiger partial charge in [-0.05, 0) is 50.2 Å². The molecule has 2 aromatic carbocycles. The molecule has 0 bridgehead atoms. The first-order valence-electron chi connectivity index (χ1n) is 9.65. The standard InChI is InChI=1S/C22H24FN5O/c1-4-27-21-9-8-16(15(2)26-29-3)12-20(21)25-22(27)14-19-10-11-24-28(19)18-7-5-6-17(23)13-18/h5-13,22,25H,4,14H2,1-3H3. The summed E-state index contributed by atoms with van der Waals surface area (Å²) in [7, 11) is 1.55. The molecule has 0 saturated heterocycles. The summed E-state index contributed by atoms with van der Waals surface area (Å²) in [6.45, 7) is 4.93. The molecular weight excluding hydrogens is 369 g/mol. The molecule has 0 aliphatic carbocycles. The smallest absolute Gasteiger partial charge is 0.125 e. The van der Waals surface area contributed by atoms with Gasteiger partial charge >= 0.3 is 0 Å². The van der Waals surface area contributed by atoms with Gasteiger partial charge in [-0.1, -0.05) is 17.3 Å². The zero-order chi connectivity index (χ0) is 20.4. The first kappa shape index (κ1) is 19.0. The molecule has 0 radical (unpaired) electrons. The van der Waals surface area contributed by atoms with Crippen LogP contribution in [0.15, 0.2) is 59.9 Å². The van der Waals surface area contributed by atoms with E-state index in [0.717, 1.165) is 47.0 Å². The summed E-state index contributed by atoms with van der Waals surface area (Å²) in [5, 5.41) is 12.0. The molecule has 1 aliphatic heterocycles. The third-order valence-corrected chi connectivity index (χ3v) is 5.17. The predicted molar refractivity (Wildman–Crippen MR) is 113 cm³/mol. The molecule has 3 aromatic rings. The fourth-order valence-corrected chi connectivity index (χ4v) is 3.82. The lowest BCUT2D eigenvalue weighted by Gasteiger charge is -2.25. The van der Waals surface area contributed by atoms with Crippen LogP contribution < -0.4 is 10.2 Å². The second-order valence-electron chi connectivity index (χ2n) is 6.96. The number of fused-ring (bicyclic) bond motifs is 1. The molecule has 1 unspecified atom stereocenters. The number of nitrogens with one attached hydrogen (secondary N) is 1. The summed E-state index contributed by atoms with van der Waals surface area (Å²) < 4.78 is 15.5. The van der Waals surface area contributed by atoms with Crippen LogP contribution in [0, 0.1) is 5.82 Å². The number of aromatic nitrogens is 2. The normalized spacial score (nSPS) is 15.9. The van der Waals surface area contributed by atoms with Crippen LogP contribution in [0.2, 0.25) is 0 Å². The van der Waals surface area contributed by atoms with Gasteiger partial charge in [-0.2, -0.15) is 5.10 Å². The monoisotopic (exact) mass is 393 g/mol. The van der Waals surface area contributed by atoms with Crippen molar-refractivity contribution in [2.24, 2.45) is 5.16 Å². The minimum Gasteiger partial charge on any atom is -0.399 e. The van der Waals surface area contributed by atoms with Crippen LogP contribution in [0.3, 0.4) is 0 Å². The van der Waals surface area contributed by atoms with E-state index in [1.807, 2.05) is 19.1 Å². The van der Waals surface area contributed by atoms with Crippen molar-refractivity contribution in [3.8, 4) is 5.69 Å². The highest BCUT2D eigenvalue weighted by atomic mass is 19.1. The van der Waals surface area contributed by atoms with Gasteiger partial charge in [0.25, 0.3) is 0 Å². The van der Waals surface area contributed by atoms with Gasteiger partial charge in [0.1, 0.15) is 19.1 Å². The van der Waals surface area contributed by atoms with Crippen molar-refractivity contribution in [1.29, 1.82) is 0 Å². The van der Waals surface area contributed by atoms with Crippen molar-refractivity contribution in [3.05, 3.63) is 71.8 Å². The Bertz CT molecular complexity index is 1050. The Kier molecular flexibility index (Phi) is 5.20. The van der Waals surface area contributed by atoms with Crippen LogP contribution in [0.25, 0.3) is 5.69 Å². The van der Waals surface area contributed by atoms with Gasteiger partial charge in [-0.15, -0.1) is 0 Å². The minimum atomic E-state index is -0.272. The lowest BCUT2D eigenvalue weighted by atomic mass is 10.1. The second kappa shape index (κ2) is 7.95. The summed E-state index contributed by atoms with van der Waals surface area (Å²) in [4.78, 5) is 7.22. The first-order valence-corrected chi connectivity index (χ1v) is 9.65. The Morgan fingerprint density at radius 3 is 2.86 bits per heavy atom. The lowest BCUT2D eigenvalue weighted by molar-refractivity contribution is 0.213. The van der Waals surface area contributed by atoms with Gasteiger partial charge in [-0.25, -0.2) is 9.07 Å². The SMILES string of the molecule is CCN1c2ccc(C(C)=NOC)cc2NC1Cc1ccnn1-c1cccc(F)c1. The number of likely N-dealkylation sites (N-methyl/N-ethyl adjacent to an activating group) is 1. The quantitative estimate of drug-likeness (QED) is 0.504. The summed E-state index contributed by atoms with van der Waals surface area (Å²) in [6, 6.07) is 14.7. The number of oxime groups is 1.